The van der Waals surface area contributed by atoms with Gasteiger partial charge in [0, 0.05) is 12.2 Å². The Bertz CT molecular complexity index is 317. The number of unbranched alkanes of at least 4 members (excludes halogenated alkanes) is 1. The predicted octanol–water partition coefficient (Wildman–Crippen LogP) is 0.945. The smallest absolute Gasteiger partial charge is 0.305 e. The summed E-state index contributed by atoms with van der Waals surface area (Å²) in [5.74, 6) is -1.81. The van der Waals surface area contributed by atoms with Crippen molar-refractivity contribution in [2.45, 2.75) is 38.6 Å². The zero-order valence-corrected chi connectivity index (χ0v) is 9.18. The summed E-state index contributed by atoms with van der Waals surface area (Å²) in [6.45, 7) is 1.98. The number of aliphatic carboxylic acids is 1. The summed E-state index contributed by atoms with van der Waals surface area (Å²) in [6, 6.07) is -0.521. The Morgan fingerprint density at radius 2 is 1.94 bits per heavy atom. The molecule has 0 saturated carbocycles. The lowest BCUT2D eigenvalue weighted by molar-refractivity contribution is -0.143. The summed E-state index contributed by atoms with van der Waals surface area (Å²) in [5, 5.41) is 8.75. The van der Waals surface area contributed by atoms with Crippen LogP contribution in [0.4, 0.5) is 0 Å². The first kappa shape index (κ1) is 12.4. The van der Waals surface area contributed by atoms with Gasteiger partial charge in [-0.25, -0.2) is 0 Å². The minimum Gasteiger partial charge on any atom is -0.481 e. The van der Waals surface area contributed by atoms with E-state index in [2.05, 4.69) is 0 Å². The first-order valence-corrected chi connectivity index (χ1v) is 5.33. The summed E-state index contributed by atoms with van der Waals surface area (Å²) in [5.41, 5.74) is 0. The molecule has 0 aliphatic carbocycles. The van der Waals surface area contributed by atoms with Crippen LogP contribution in [0.1, 0.15) is 32.6 Å². The van der Waals surface area contributed by atoms with Crippen molar-refractivity contribution in [1.29, 1.82) is 0 Å². The highest BCUT2D eigenvalue weighted by Gasteiger charge is 2.31. The second kappa shape index (κ2) is 5.44. The number of rotatable bonds is 6. The quantitative estimate of drug-likeness (QED) is 0.683. The maximum Gasteiger partial charge on any atom is 0.305 e. The molecule has 0 radical (unpaired) electrons. The Balaban J connectivity index is 2.71. The van der Waals surface area contributed by atoms with Crippen LogP contribution in [0.5, 0.6) is 0 Å². The lowest BCUT2D eigenvalue weighted by Crippen LogP contribution is -2.41. The minimum atomic E-state index is -0.992. The van der Waals surface area contributed by atoms with Gasteiger partial charge in [-0.05, 0) is 6.42 Å². The maximum atomic E-state index is 11.4. The van der Waals surface area contributed by atoms with Gasteiger partial charge < -0.3 is 5.11 Å². The van der Waals surface area contributed by atoms with Crippen molar-refractivity contribution < 1.29 is 19.5 Å². The molecular weight excluding hydrogens is 210 g/mol. The number of amides is 2. The highest BCUT2D eigenvalue weighted by atomic mass is 16.4. The Morgan fingerprint density at radius 1 is 1.38 bits per heavy atom. The molecule has 1 atom stereocenters. The fourth-order valence-electron chi connectivity index (χ4n) is 1.74. The Hall–Kier alpha value is -1.65. The van der Waals surface area contributed by atoms with Gasteiger partial charge in [0.15, 0.2) is 0 Å². The summed E-state index contributed by atoms with van der Waals surface area (Å²) in [6.07, 6.45) is 4.43. The molecule has 1 rings (SSSR count). The first-order chi connectivity index (χ1) is 7.56. The van der Waals surface area contributed by atoms with E-state index in [0.29, 0.717) is 6.42 Å². The number of nitrogens with zero attached hydrogens (tertiary/aromatic N) is 1. The maximum absolute atomic E-state index is 11.4. The normalized spacial score (nSPS) is 16.9. The monoisotopic (exact) mass is 225 g/mol. The lowest BCUT2D eigenvalue weighted by Gasteiger charge is -2.24. The van der Waals surface area contributed by atoms with Crippen LogP contribution in [0.2, 0.25) is 0 Å². The first-order valence-electron chi connectivity index (χ1n) is 5.33. The zero-order chi connectivity index (χ0) is 12.1. The van der Waals surface area contributed by atoms with Crippen molar-refractivity contribution in [2.75, 3.05) is 0 Å². The fraction of sp³-hybridized carbons (Fsp3) is 0.545. The molecule has 5 heteroatoms. The summed E-state index contributed by atoms with van der Waals surface area (Å²) < 4.78 is 0. The van der Waals surface area contributed by atoms with Crippen LogP contribution >= 0.6 is 0 Å². The number of carbonyl (C=O) groups is 3. The fourth-order valence-corrected chi connectivity index (χ4v) is 1.74. The van der Waals surface area contributed by atoms with Crippen molar-refractivity contribution in [3.8, 4) is 0 Å². The third-order valence-electron chi connectivity index (χ3n) is 2.51. The van der Waals surface area contributed by atoms with Crippen LogP contribution < -0.4 is 0 Å². The second-order valence-electron chi connectivity index (χ2n) is 3.77. The summed E-state index contributed by atoms with van der Waals surface area (Å²) >= 11 is 0. The summed E-state index contributed by atoms with van der Waals surface area (Å²) in [4.78, 5) is 34.5. The molecule has 0 aromatic rings. The van der Waals surface area contributed by atoms with E-state index >= 15 is 0 Å². The van der Waals surface area contributed by atoms with Gasteiger partial charge in [-0.2, -0.15) is 0 Å². The van der Waals surface area contributed by atoms with Crippen molar-refractivity contribution in [3.63, 3.8) is 0 Å². The van der Waals surface area contributed by atoms with Crippen LogP contribution in [-0.4, -0.2) is 33.8 Å². The highest BCUT2D eigenvalue weighted by Crippen LogP contribution is 2.17. The number of hydrogen-bond donors (Lipinski definition) is 1. The molecule has 16 heavy (non-hydrogen) atoms. The van der Waals surface area contributed by atoms with Crippen LogP contribution in [0.25, 0.3) is 0 Å². The number of carbonyl (C=O) groups excluding carboxylic acids is 2. The van der Waals surface area contributed by atoms with Crippen molar-refractivity contribution >= 4 is 17.8 Å². The van der Waals surface area contributed by atoms with Gasteiger partial charge in [-0.15, -0.1) is 0 Å². The van der Waals surface area contributed by atoms with E-state index in [4.69, 9.17) is 5.11 Å². The number of carboxylic acid groups (broad SMARTS) is 1. The van der Waals surface area contributed by atoms with Crippen molar-refractivity contribution in [2.24, 2.45) is 0 Å². The van der Waals surface area contributed by atoms with Crippen LogP contribution in [-0.2, 0) is 14.4 Å². The minimum absolute atomic E-state index is 0.181. The van der Waals surface area contributed by atoms with Crippen LogP contribution in [0.15, 0.2) is 12.2 Å². The number of imide groups is 1. The molecule has 1 unspecified atom stereocenters. The van der Waals surface area contributed by atoms with Crippen molar-refractivity contribution in [3.05, 3.63) is 12.2 Å². The van der Waals surface area contributed by atoms with E-state index in [1.165, 1.54) is 12.2 Å². The average molecular weight is 225 g/mol. The van der Waals surface area contributed by atoms with E-state index in [1.807, 2.05) is 6.92 Å². The second-order valence-corrected chi connectivity index (χ2v) is 3.77. The molecule has 0 saturated heterocycles. The molecule has 0 fully saturated rings. The Labute approximate surface area is 93.7 Å². The van der Waals surface area contributed by atoms with Gasteiger partial charge in [0.05, 0.1) is 12.5 Å². The topological polar surface area (TPSA) is 74.7 Å². The SMILES string of the molecule is CCCCC(CC(=O)O)N1C(=O)C=CC1=O. The van der Waals surface area contributed by atoms with E-state index < -0.39 is 23.8 Å². The lowest BCUT2D eigenvalue weighted by atomic mass is 10.1. The summed E-state index contributed by atoms with van der Waals surface area (Å²) in [7, 11) is 0. The molecule has 1 aliphatic rings. The number of carboxylic acids is 1. The molecule has 1 N–H and O–H groups in total. The molecule has 88 valence electrons. The van der Waals surface area contributed by atoms with Crippen LogP contribution in [0.3, 0.4) is 0 Å². The highest BCUT2D eigenvalue weighted by molar-refractivity contribution is 6.13. The van der Waals surface area contributed by atoms with E-state index in [-0.39, 0.29) is 6.42 Å². The largest absolute Gasteiger partial charge is 0.481 e. The molecule has 0 spiro atoms. The third-order valence-corrected chi connectivity index (χ3v) is 2.51. The third kappa shape index (κ3) is 2.92. The van der Waals surface area contributed by atoms with E-state index in [1.54, 1.807) is 0 Å². The molecule has 0 aromatic carbocycles. The van der Waals surface area contributed by atoms with Crippen LogP contribution in [0, 0.1) is 0 Å². The molecule has 0 aromatic heterocycles. The van der Waals surface area contributed by atoms with Gasteiger partial charge in [0.2, 0.25) is 0 Å². The zero-order valence-electron chi connectivity index (χ0n) is 9.18. The molecule has 5 nitrogen and oxygen atoms in total. The van der Waals surface area contributed by atoms with Gasteiger partial charge in [-0.1, -0.05) is 19.8 Å². The van der Waals surface area contributed by atoms with Gasteiger partial charge >= 0.3 is 5.97 Å². The standard InChI is InChI=1S/C11H15NO4/c1-2-3-4-8(7-11(15)16)12-9(13)5-6-10(12)14/h5-6,8H,2-4,7H2,1H3,(H,15,16). The average Bonchev–Trinajstić information content (AvgIpc) is 2.53. The van der Waals surface area contributed by atoms with Gasteiger partial charge in [0.25, 0.3) is 11.8 Å². The molecule has 0 bridgehead atoms. The molecule has 2 amide bonds. The number of hydrogen-bond acceptors (Lipinski definition) is 3. The van der Waals surface area contributed by atoms with Crippen molar-refractivity contribution in [1.82, 2.24) is 4.90 Å². The Morgan fingerprint density at radius 3 is 2.38 bits per heavy atom. The van der Waals surface area contributed by atoms with Gasteiger partial charge in [-0.3, -0.25) is 19.3 Å². The van der Waals surface area contributed by atoms with E-state index in [9.17, 15) is 14.4 Å². The predicted molar refractivity (Wildman–Crippen MR) is 56.6 cm³/mol. The Kier molecular flexibility index (Phi) is 4.22. The van der Waals surface area contributed by atoms with Gasteiger partial charge in [0.1, 0.15) is 0 Å². The van der Waals surface area contributed by atoms with E-state index in [0.717, 1.165) is 17.7 Å². The molecule has 1 aliphatic heterocycles. The molecular formula is C11H15NO4. The molecule has 1 heterocycles.